The summed E-state index contributed by atoms with van der Waals surface area (Å²) in [6, 6.07) is 7.42. The zero-order valence-electron chi connectivity index (χ0n) is 11.8. The number of thioether (sulfide) groups is 1. The molecule has 0 aliphatic heterocycles. The quantitative estimate of drug-likeness (QED) is 0.255. The molecule has 0 amide bonds. The van der Waals surface area contributed by atoms with E-state index in [1.165, 1.54) is 11.8 Å². The number of nitrogens with two attached hydrogens (primary N) is 1. The van der Waals surface area contributed by atoms with Gasteiger partial charge in [-0.15, -0.1) is 5.10 Å². The Balaban J connectivity index is 2.16. The Kier molecular flexibility index (Phi) is 4.69. The van der Waals surface area contributed by atoms with Gasteiger partial charge in [0, 0.05) is 17.4 Å². The minimum Gasteiger partial charge on any atom is -0.409 e. The topological polar surface area (TPSA) is 109 Å². The van der Waals surface area contributed by atoms with E-state index >= 15 is 0 Å². The van der Waals surface area contributed by atoms with Gasteiger partial charge >= 0.3 is 5.69 Å². The third kappa shape index (κ3) is 3.46. The van der Waals surface area contributed by atoms with Crippen molar-refractivity contribution in [2.75, 3.05) is 0 Å². The molecule has 0 bridgehead atoms. The number of hydrogen-bond acceptors (Lipinski definition) is 5. The summed E-state index contributed by atoms with van der Waals surface area (Å²) in [5.74, 6) is 0.699. The average Bonchev–Trinajstić information content (AvgIpc) is 2.85. The van der Waals surface area contributed by atoms with E-state index in [0.717, 1.165) is 5.56 Å². The Morgan fingerprint density at radius 2 is 2.33 bits per heavy atom. The van der Waals surface area contributed by atoms with E-state index in [9.17, 15) is 4.79 Å². The molecule has 0 spiro atoms. The van der Waals surface area contributed by atoms with Crippen molar-refractivity contribution in [3.05, 3.63) is 45.9 Å². The molecule has 0 aliphatic rings. The van der Waals surface area contributed by atoms with Crippen LogP contribution in [0, 0.1) is 0 Å². The molecule has 8 heteroatoms. The van der Waals surface area contributed by atoms with Crippen molar-refractivity contribution in [3.8, 4) is 0 Å². The highest BCUT2D eigenvalue weighted by Crippen LogP contribution is 2.22. The molecule has 1 aromatic heterocycles. The van der Waals surface area contributed by atoms with Crippen LogP contribution in [0.2, 0.25) is 0 Å². The predicted molar refractivity (Wildman–Crippen MR) is 81.7 cm³/mol. The fourth-order valence-electron chi connectivity index (χ4n) is 1.87. The lowest BCUT2D eigenvalue weighted by Crippen LogP contribution is -2.19. The van der Waals surface area contributed by atoms with Crippen molar-refractivity contribution >= 4 is 17.6 Å². The van der Waals surface area contributed by atoms with Crippen molar-refractivity contribution in [2.45, 2.75) is 30.8 Å². The van der Waals surface area contributed by atoms with E-state index in [1.807, 2.05) is 32.0 Å². The number of nitrogens with one attached hydrogen (secondary N) is 1. The Bertz CT molecular complexity index is 705. The van der Waals surface area contributed by atoms with Crippen LogP contribution >= 0.6 is 11.8 Å². The molecule has 0 aliphatic carbocycles. The van der Waals surface area contributed by atoms with Gasteiger partial charge in [0.2, 0.25) is 0 Å². The van der Waals surface area contributed by atoms with Crippen LogP contribution in [0.1, 0.15) is 31.0 Å². The summed E-state index contributed by atoms with van der Waals surface area (Å²) in [4.78, 5) is 11.6. The van der Waals surface area contributed by atoms with E-state index < -0.39 is 0 Å². The first-order valence-corrected chi connectivity index (χ1v) is 7.38. The summed E-state index contributed by atoms with van der Waals surface area (Å²) in [6.45, 7) is 3.86. The molecule has 112 valence electrons. The Hall–Kier alpha value is -2.22. The monoisotopic (exact) mass is 307 g/mol. The highest BCUT2D eigenvalue weighted by atomic mass is 32.2. The fourth-order valence-corrected chi connectivity index (χ4v) is 2.89. The smallest absolute Gasteiger partial charge is 0.344 e. The maximum absolute atomic E-state index is 11.6. The maximum atomic E-state index is 11.6. The second-order valence-corrected chi connectivity index (χ2v) is 5.69. The van der Waals surface area contributed by atoms with Gasteiger partial charge in [0.1, 0.15) is 0 Å². The van der Waals surface area contributed by atoms with Crippen LogP contribution in [0.15, 0.2) is 39.4 Å². The van der Waals surface area contributed by atoms with Gasteiger partial charge in [-0.3, -0.25) is 4.57 Å². The lowest BCUT2D eigenvalue weighted by molar-refractivity contribution is 0.318. The fraction of sp³-hybridized carbons (Fsp3) is 0.308. The van der Waals surface area contributed by atoms with Gasteiger partial charge in [-0.05, 0) is 25.5 Å². The molecule has 1 heterocycles. The highest BCUT2D eigenvalue weighted by Gasteiger charge is 2.12. The molecular weight excluding hydrogens is 290 g/mol. The molecular formula is C13H17N5O2S. The third-order valence-corrected chi connectivity index (χ3v) is 3.91. The molecule has 0 fully saturated rings. The Morgan fingerprint density at radius 3 is 3.00 bits per heavy atom. The van der Waals surface area contributed by atoms with Crippen LogP contribution in [0.5, 0.6) is 0 Å². The SMILES string of the molecule is CC(C)n1c(SCc2cccc(C(N)=NO)c2)n[nH]c1=O. The van der Waals surface area contributed by atoms with Crippen LogP contribution in [-0.2, 0) is 5.75 Å². The summed E-state index contributed by atoms with van der Waals surface area (Å²) in [7, 11) is 0. The molecule has 0 saturated heterocycles. The normalized spacial score (nSPS) is 12.0. The zero-order chi connectivity index (χ0) is 15.4. The molecule has 7 nitrogen and oxygen atoms in total. The molecule has 0 unspecified atom stereocenters. The van der Waals surface area contributed by atoms with Crippen molar-refractivity contribution in [2.24, 2.45) is 10.9 Å². The number of aromatic nitrogens is 3. The predicted octanol–water partition coefficient (Wildman–Crippen LogP) is 1.54. The minimum absolute atomic E-state index is 0.0438. The molecule has 21 heavy (non-hydrogen) atoms. The standard InChI is InChI=1S/C13H17N5O2S/c1-8(2)18-12(19)15-16-13(18)21-7-9-4-3-5-10(6-9)11(14)17-20/h3-6,8,20H,7H2,1-2H3,(H2,14,17)(H,15,19). The summed E-state index contributed by atoms with van der Waals surface area (Å²) in [5.41, 5.74) is 7.00. The average molecular weight is 307 g/mol. The maximum Gasteiger partial charge on any atom is 0.344 e. The summed E-state index contributed by atoms with van der Waals surface area (Å²) in [5, 5.41) is 18.8. The van der Waals surface area contributed by atoms with Gasteiger partial charge in [-0.1, -0.05) is 35.1 Å². The van der Waals surface area contributed by atoms with E-state index in [2.05, 4.69) is 15.4 Å². The van der Waals surface area contributed by atoms with Crippen LogP contribution in [-0.4, -0.2) is 25.8 Å². The van der Waals surface area contributed by atoms with Crippen molar-refractivity contribution in [3.63, 3.8) is 0 Å². The first-order valence-electron chi connectivity index (χ1n) is 6.39. The largest absolute Gasteiger partial charge is 0.409 e. The number of oxime groups is 1. The van der Waals surface area contributed by atoms with E-state index in [0.29, 0.717) is 16.5 Å². The van der Waals surface area contributed by atoms with E-state index in [1.54, 1.807) is 10.6 Å². The first-order chi connectivity index (χ1) is 10.0. The van der Waals surface area contributed by atoms with Gasteiger partial charge in [-0.25, -0.2) is 9.89 Å². The van der Waals surface area contributed by atoms with Gasteiger partial charge in [0.05, 0.1) is 0 Å². The highest BCUT2D eigenvalue weighted by molar-refractivity contribution is 7.98. The van der Waals surface area contributed by atoms with E-state index in [4.69, 9.17) is 10.9 Å². The number of aromatic amines is 1. The Labute approximate surface area is 125 Å². The second kappa shape index (κ2) is 6.49. The lowest BCUT2D eigenvalue weighted by Gasteiger charge is -2.08. The lowest BCUT2D eigenvalue weighted by atomic mass is 10.1. The molecule has 0 atom stereocenters. The Morgan fingerprint density at radius 1 is 1.57 bits per heavy atom. The number of amidine groups is 1. The molecule has 1 aromatic carbocycles. The molecule has 2 rings (SSSR count). The van der Waals surface area contributed by atoms with Crippen LogP contribution < -0.4 is 11.4 Å². The van der Waals surface area contributed by atoms with Gasteiger partial charge in [0.15, 0.2) is 11.0 Å². The van der Waals surface area contributed by atoms with E-state index in [-0.39, 0.29) is 17.6 Å². The van der Waals surface area contributed by atoms with Gasteiger partial charge < -0.3 is 10.9 Å². The summed E-state index contributed by atoms with van der Waals surface area (Å²) in [6.07, 6.45) is 0. The summed E-state index contributed by atoms with van der Waals surface area (Å²) < 4.78 is 1.61. The second-order valence-electron chi connectivity index (χ2n) is 4.75. The van der Waals surface area contributed by atoms with Crippen LogP contribution in [0.4, 0.5) is 0 Å². The summed E-state index contributed by atoms with van der Waals surface area (Å²) >= 11 is 1.45. The van der Waals surface area contributed by atoms with Crippen molar-refractivity contribution < 1.29 is 5.21 Å². The molecule has 4 N–H and O–H groups in total. The first kappa shape index (κ1) is 15.2. The van der Waals surface area contributed by atoms with Crippen molar-refractivity contribution in [1.29, 1.82) is 0 Å². The molecule has 0 radical (unpaired) electrons. The minimum atomic E-state index is -0.210. The van der Waals surface area contributed by atoms with Crippen LogP contribution in [0.25, 0.3) is 0 Å². The molecule has 2 aromatic rings. The molecule has 0 saturated carbocycles. The number of hydrogen-bond donors (Lipinski definition) is 3. The van der Waals surface area contributed by atoms with Gasteiger partial charge in [-0.2, -0.15) is 0 Å². The number of nitrogens with zero attached hydrogens (tertiary/aromatic N) is 3. The van der Waals surface area contributed by atoms with Gasteiger partial charge in [0.25, 0.3) is 0 Å². The third-order valence-electron chi connectivity index (χ3n) is 2.89. The number of rotatable bonds is 5. The number of benzene rings is 1. The number of H-pyrrole nitrogens is 1. The van der Waals surface area contributed by atoms with Crippen molar-refractivity contribution in [1.82, 2.24) is 14.8 Å². The van der Waals surface area contributed by atoms with Crippen LogP contribution in [0.3, 0.4) is 0 Å². The zero-order valence-corrected chi connectivity index (χ0v) is 12.6.